The van der Waals surface area contributed by atoms with Crippen molar-refractivity contribution in [1.82, 2.24) is 14.9 Å². The number of hydrogen-bond acceptors (Lipinski definition) is 4. The van der Waals surface area contributed by atoms with Crippen molar-refractivity contribution in [2.75, 3.05) is 50.4 Å². The molecule has 2 N–H and O–H groups in total. The predicted molar refractivity (Wildman–Crippen MR) is 118 cm³/mol. The van der Waals surface area contributed by atoms with Gasteiger partial charge in [0.1, 0.15) is 0 Å². The van der Waals surface area contributed by atoms with Crippen LogP contribution in [0.2, 0.25) is 5.02 Å². The quantitative estimate of drug-likeness (QED) is 0.357. The highest BCUT2D eigenvalue weighted by Crippen LogP contribution is 2.23. The highest BCUT2D eigenvalue weighted by Gasteiger charge is 2.23. The minimum absolute atomic E-state index is 0.127. The lowest BCUT2D eigenvalue weighted by molar-refractivity contribution is 0.464. The van der Waals surface area contributed by atoms with E-state index in [9.17, 15) is 8.42 Å². The summed E-state index contributed by atoms with van der Waals surface area (Å²) < 4.78 is 25.0. The first-order valence-electron chi connectivity index (χ1n) is 9.85. The van der Waals surface area contributed by atoms with Crippen molar-refractivity contribution in [3.05, 3.63) is 29.3 Å². The fourth-order valence-electron chi connectivity index (χ4n) is 3.14. The Kier molecular flexibility index (Phi) is 8.85. The normalized spacial score (nSPS) is 18.0. The second-order valence-electron chi connectivity index (χ2n) is 6.89. The number of guanidine groups is 1. The maximum Gasteiger partial charge on any atom is 0.213 e. The molecule has 1 heterocycles. The molecule has 0 spiro atoms. The van der Waals surface area contributed by atoms with Crippen molar-refractivity contribution < 1.29 is 8.42 Å². The number of nitrogens with zero attached hydrogens (tertiary/aromatic N) is 3. The molecule has 9 heteroatoms. The zero-order valence-corrected chi connectivity index (χ0v) is 18.6. The molecule has 7 nitrogen and oxygen atoms in total. The van der Waals surface area contributed by atoms with Gasteiger partial charge in [-0.1, -0.05) is 17.7 Å². The zero-order valence-electron chi connectivity index (χ0n) is 17.0. The van der Waals surface area contributed by atoms with E-state index < -0.39 is 10.0 Å². The first-order chi connectivity index (χ1) is 13.4. The Morgan fingerprint density at radius 1 is 1.39 bits per heavy atom. The molecule has 0 bridgehead atoms. The molecule has 28 heavy (non-hydrogen) atoms. The molecule has 0 radical (unpaired) electrons. The van der Waals surface area contributed by atoms with E-state index in [-0.39, 0.29) is 5.75 Å². The molecule has 1 aliphatic heterocycles. The van der Waals surface area contributed by atoms with E-state index in [0.717, 1.165) is 42.7 Å². The minimum atomic E-state index is -3.12. The van der Waals surface area contributed by atoms with Crippen LogP contribution in [0.5, 0.6) is 0 Å². The number of hydrogen-bond donors (Lipinski definition) is 2. The number of benzene rings is 1. The lowest BCUT2D eigenvalue weighted by Gasteiger charge is -2.20. The minimum Gasteiger partial charge on any atom is -0.369 e. The third-order valence-electron chi connectivity index (χ3n) is 4.79. The molecule has 1 aromatic carbocycles. The van der Waals surface area contributed by atoms with Gasteiger partial charge in [0.25, 0.3) is 0 Å². The van der Waals surface area contributed by atoms with Crippen LogP contribution in [-0.2, 0) is 10.0 Å². The van der Waals surface area contributed by atoms with Gasteiger partial charge < -0.3 is 15.5 Å². The lowest BCUT2D eigenvalue weighted by atomic mass is 10.2. The molecule has 1 aliphatic rings. The number of aliphatic imine (C=N–C) groups is 1. The molecule has 0 aromatic heterocycles. The Morgan fingerprint density at radius 2 is 2.18 bits per heavy atom. The van der Waals surface area contributed by atoms with Gasteiger partial charge in [0.2, 0.25) is 10.0 Å². The molecule has 1 aromatic rings. The zero-order chi connectivity index (χ0) is 20.6. The van der Waals surface area contributed by atoms with Crippen molar-refractivity contribution in [2.45, 2.75) is 32.7 Å². The molecule has 0 saturated carbocycles. The Morgan fingerprint density at radius 3 is 2.86 bits per heavy atom. The fourth-order valence-corrected chi connectivity index (χ4v) is 4.18. The summed E-state index contributed by atoms with van der Waals surface area (Å²) in [5.41, 5.74) is 1.14. The van der Waals surface area contributed by atoms with Crippen molar-refractivity contribution in [3.63, 3.8) is 0 Å². The van der Waals surface area contributed by atoms with Crippen molar-refractivity contribution >= 4 is 33.3 Å². The van der Waals surface area contributed by atoms with E-state index in [2.05, 4.69) is 26.6 Å². The smallest absolute Gasteiger partial charge is 0.213 e. The molecular formula is C19H32ClN5O2S. The Balaban J connectivity index is 1.84. The van der Waals surface area contributed by atoms with Crippen LogP contribution in [0.3, 0.4) is 0 Å². The summed E-state index contributed by atoms with van der Waals surface area (Å²) in [5.74, 6) is 0.906. The Bertz CT molecular complexity index is 756. The fraction of sp³-hybridized carbons (Fsp3) is 0.632. The molecule has 1 unspecified atom stereocenters. The molecule has 158 valence electrons. The van der Waals surface area contributed by atoms with E-state index in [0.29, 0.717) is 25.6 Å². The van der Waals surface area contributed by atoms with Crippen LogP contribution < -0.4 is 15.5 Å². The van der Waals surface area contributed by atoms with Gasteiger partial charge >= 0.3 is 0 Å². The van der Waals surface area contributed by atoms with Gasteiger partial charge in [0, 0.05) is 56.5 Å². The summed E-state index contributed by atoms with van der Waals surface area (Å²) in [6.45, 7) is 7.38. The van der Waals surface area contributed by atoms with Gasteiger partial charge in [-0.05, 0) is 44.9 Å². The van der Waals surface area contributed by atoms with Gasteiger partial charge in [-0.3, -0.25) is 4.99 Å². The summed E-state index contributed by atoms with van der Waals surface area (Å²) in [4.78, 5) is 6.92. The molecule has 2 rings (SSSR count). The van der Waals surface area contributed by atoms with Gasteiger partial charge in [-0.15, -0.1) is 0 Å². The van der Waals surface area contributed by atoms with Gasteiger partial charge in [0.05, 0.1) is 5.75 Å². The topological polar surface area (TPSA) is 77.0 Å². The summed E-state index contributed by atoms with van der Waals surface area (Å²) in [6, 6.07) is 8.23. The lowest BCUT2D eigenvalue weighted by Crippen LogP contribution is -2.44. The monoisotopic (exact) mass is 429 g/mol. The maximum absolute atomic E-state index is 11.8. The van der Waals surface area contributed by atoms with Crippen LogP contribution in [0.4, 0.5) is 5.69 Å². The number of nitrogens with one attached hydrogen (secondary N) is 2. The van der Waals surface area contributed by atoms with Gasteiger partial charge in [-0.25, -0.2) is 12.7 Å². The Hall–Kier alpha value is -1.51. The Labute approximate surface area is 174 Å². The largest absolute Gasteiger partial charge is 0.369 e. The highest BCUT2D eigenvalue weighted by atomic mass is 35.5. The summed E-state index contributed by atoms with van der Waals surface area (Å²) in [6.07, 6.45) is 1.71. The van der Waals surface area contributed by atoms with Crippen LogP contribution in [0, 0.1) is 0 Å². The van der Waals surface area contributed by atoms with Crippen LogP contribution in [0.25, 0.3) is 0 Å². The van der Waals surface area contributed by atoms with Gasteiger partial charge in [-0.2, -0.15) is 0 Å². The summed E-state index contributed by atoms with van der Waals surface area (Å²) >= 11 is 6.10. The first-order valence-corrected chi connectivity index (χ1v) is 11.8. The van der Waals surface area contributed by atoms with Crippen LogP contribution in [0.1, 0.15) is 26.7 Å². The summed E-state index contributed by atoms with van der Waals surface area (Å²) in [5, 5.41) is 7.51. The molecule has 0 aliphatic carbocycles. The van der Waals surface area contributed by atoms with Crippen molar-refractivity contribution in [2.24, 2.45) is 4.99 Å². The second kappa shape index (κ2) is 10.9. The average Bonchev–Trinajstić information content (AvgIpc) is 3.13. The third-order valence-corrected chi connectivity index (χ3v) is 6.88. The van der Waals surface area contributed by atoms with E-state index in [1.165, 1.54) is 4.31 Å². The first kappa shape index (κ1) is 22.8. The standard InChI is InChI=1S/C19H32ClN5O2S/c1-4-21-19(22-11-7-12-24(3)28(26,27)5-2)23-17-10-13-25(15-17)18-9-6-8-16(20)14-18/h6,8-9,14,17H,4-5,7,10-13,15H2,1-3H3,(H2,21,22,23). The summed E-state index contributed by atoms with van der Waals surface area (Å²) in [7, 11) is -1.50. The molecule has 1 saturated heterocycles. The van der Waals surface area contributed by atoms with E-state index in [1.807, 2.05) is 25.1 Å². The third kappa shape index (κ3) is 6.83. The molecule has 1 atom stereocenters. The van der Waals surface area contributed by atoms with Crippen LogP contribution >= 0.6 is 11.6 Å². The predicted octanol–water partition coefficient (Wildman–Crippen LogP) is 2.15. The second-order valence-corrected chi connectivity index (χ2v) is 9.69. The number of halogens is 1. The number of anilines is 1. The molecular weight excluding hydrogens is 398 g/mol. The van der Waals surface area contributed by atoms with E-state index in [1.54, 1.807) is 14.0 Å². The maximum atomic E-state index is 11.8. The van der Waals surface area contributed by atoms with E-state index >= 15 is 0 Å². The van der Waals surface area contributed by atoms with E-state index in [4.69, 9.17) is 11.6 Å². The average molecular weight is 430 g/mol. The molecule has 0 amide bonds. The van der Waals surface area contributed by atoms with Crippen molar-refractivity contribution in [1.29, 1.82) is 0 Å². The number of sulfonamides is 1. The van der Waals surface area contributed by atoms with Gasteiger partial charge in [0.15, 0.2) is 5.96 Å². The molecule has 1 fully saturated rings. The van der Waals surface area contributed by atoms with Crippen molar-refractivity contribution in [3.8, 4) is 0 Å². The number of rotatable bonds is 9. The van der Waals surface area contributed by atoms with Crippen LogP contribution in [-0.4, -0.2) is 70.2 Å². The highest BCUT2D eigenvalue weighted by molar-refractivity contribution is 7.89. The van der Waals surface area contributed by atoms with Crippen LogP contribution in [0.15, 0.2) is 29.3 Å². The SMILES string of the molecule is CCNC(=NCCCN(C)S(=O)(=O)CC)NC1CCN(c2cccc(Cl)c2)C1.